The molecule has 2 rings (SSSR count). The highest BCUT2D eigenvalue weighted by Crippen LogP contribution is 2.25. The minimum Gasteiger partial charge on any atom is -0.357 e. The molecule has 0 amide bonds. The molecule has 0 aromatic carbocycles. The Labute approximate surface area is 105 Å². The largest absolute Gasteiger partial charge is 0.357 e. The van der Waals surface area contributed by atoms with Crippen LogP contribution in [0, 0.1) is 5.41 Å². The summed E-state index contributed by atoms with van der Waals surface area (Å²) >= 11 is 1.54. The van der Waals surface area contributed by atoms with Gasteiger partial charge < -0.3 is 4.90 Å². The summed E-state index contributed by atoms with van der Waals surface area (Å²) in [5.74, 6) is 0.766. The second-order valence-electron chi connectivity index (χ2n) is 5.41. The van der Waals surface area contributed by atoms with E-state index in [1.807, 2.05) is 27.9 Å². The molecule has 0 saturated heterocycles. The number of imidazole rings is 1. The summed E-state index contributed by atoms with van der Waals surface area (Å²) in [6.07, 6.45) is 2.76. The third-order valence-electron chi connectivity index (χ3n) is 2.46. The number of aldehydes is 1. The molecule has 0 aliphatic carbocycles. The van der Waals surface area contributed by atoms with Gasteiger partial charge in [0, 0.05) is 25.2 Å². The topological polar surface area (TPSA) is 37.6 Å². The SMILES string of the molecule is CN(CC(C)(C)C)c1nc2sccn2c1C=O. The predicted octanol–water partition coefficient (Wildman–Crippen LogP) is 2.69. The van der Waals surface area contributed by atoms with E-state index in [1.165, 1.54) is 11.3 Å². The van der Waals surface area contributed by atoms with Gasteiger partial charge in [-0.15, -0.1) is 11.3 Å². The highest BCUT2D eigenvalue weighted by molar-refractivity contribution is 7.15. The molecular formula is C12H17N3OS. The van der Waals surface area contributed by atoms with Crippen LogP contribution in [0.3, 0.4) is 0 Å². The number of anilines is 1. The van der Waals surface area contributed by atoms with Crippen LogP contribution in [0.1, 0.15) is 31.3 Å². The van der Waals surface area contributed by atoms with Crippen molar-refractivity contribution in [3.05, 3.63) is 17.3 Å². The van der Waals surface area contributed by atoms with Crippen molar-refractivity contribution in [3.63, 3.8) is 0 Å². The Morgan fingerprint density at radius 3 is 2.82 bits per heavy atom. The van der Waals surface area contributed by atoms with Gasteiger partial charge in [0.1, 0.15) is 5.69 Å². The van der Waals surface area contributed by atoms with Crippen LogP contribution in [0.25, 0.3) is 4.96 Å². The van der Waals surface area contributed by atoms with Crippen LogP contribution in [0.5, 0.6) is 0 Å². The smallest absolute Gasteiger partial charge is 0.196 e. The minimum atomic E-state index is 0.173. The number of aromatic nitrogens is 2. The molecule has 0 saturated carbocycles. The molecule has 0 aliphatic heterocycles. The predicted molar refractivity (Wildman–Crippen MR) is 71.2 cm³/mol. The van der Waals surface area contributed by atoms with E-state index in [2.05, 4.69) is 25.8 Å². The molecule has 0 aliphatic rings. The van der Waals surface area contributed by atoms with Gasteiger partial charge in [0.25, 0.3) is 0 Å². The third-order valence-corrected chi connectivity index (χ3v) is 3.22. The van der Waals surface area contributed by atoms with Crippen molar-refractivity contribution < 1.29 is 4.79 Å². The average Bonchev–Trinajstić information content (AvgIpc) is 2.72. The lowest BCUT2D eigenvalue weighted by atomic mass is 9.96. The van der Waals surface area contributed by atoms with Crippen LogP contribution < -0.4 is 4.90 Å². The van der Waals surface area contributed by atoms with Crippen molar-refractivity contribution in [3.8, 4) is 0 Å². The molecular weight excluding hydrogens is 234 g/mol. The Morgan fingerprint density at radius 1 is 1.53 bits per heavy atom. The Morgan fingerprint density at radius 2 is 2.24 bits per heavy atom. The van der Waals surface area contributed by atoms with Crippen molar-refractivity contribution in [2.75, 3.05) is 18.5 Å². The third kappa shape index (κ3) is 2.34. The Bertz CT molecular complexity index is 535. The molecule has 0 radical (unpaired) electrons. The lowest BCUT2D eigenvalue weighted by molar-refractivity contribution is 0.111. The van der Waals surface area contributed by atoms with Crippen LogP contribution in [-0.4, -0.2) is 29.3 Å². The van der Waals surface area contributed by atoms with E-state index in [4.69, 9.17) is 0 Å². The van der Waals surface area contributed by atoms with Crippen LogP contribution in [0.4, 0.5) is 5.82 Å². The van der Waals surface area contributed by atoms with Crippen LogP contribution in [0.15, 0.2) is 11.6 Å². The van der Waals surface area contributed by atoms with E-state index in [1.54, 1.807) is 0 Å². The summed E-state index contributed by atoms with van der Waals surface area (Å²) in [7, 11) is 1.98. The average molecular weight is 251 g/mol. The Balaban J connectivity index is 2.40. The first-order valence-electron chi connectivity index (χ1n) is 5.54. The molecule has 0 fully saturated rings. The highest BCUT2D eigenvalue weighted by Gasteiger charge is 2.20. The van der Waals surface area contributed by atoms with Crippen LogP contribution >= 0.6 is 11.3 Å². The maximum absolute atomic E-state index is 11.2. The number of hydrogen-bond acceptors (Lipinski definition) is 4. The molecule has 2 heterocycles. The molecule has 2 aromatic heterocycles. The molecule has 0 spiro atoms. The van der Waals surface area contributed by atoms with E-state index in [9.17, 15) is 4.79 Å². The number of thiazole rings is 1. The number of hydrogen-bond donors (Lipinski definition) is 0. The van der Waals surface area contributed by atoms with E-state index < -0.39 is 0 Å². The van der Waals surface area contributed by atoms with Gasteiger partial charge >= 0.3 is 0 Å². The summed E-state index contributed by atoms with van der Waals surface area (Å²) in [5.41, 5.74) is 0.805. The van der Waals surface area contributed by atoms with E-state index in [-0.39, 0.29) is 5.41 Å². The van der Waals surface area contributed by atoms with Gasteiger partial charge in [0.2, 0.25) is 0 Å². The number of nitrogens with zero attached hydrogens (tertiary/aromatic N) is 3. The molecule has 0 unspecified atom stereocenters. The zero-order chi connectivity index (χ0) is 12.6. The minimum absolute atomic E-state index is 0.173. The highest BCUT2D eigenvalue weighted by atomic mass is 32.1. The first-order chi connectivity index (χ1) is 7.92. The molecule has 0 atom stereocenters. The summed E-state index contributed by atoms with van der Waals surface area (Å²) in [6, 6.07) is 0. The van der Waals surface area contributed by atoms with Crippen LogP contribution in [0.2, 0.25) is 0 Å². The molecule has 0 N–H and O–H groups in total. The van der Waals surface area contributed by atoms with Crippen LogP contribution in [-0.2, 0) is 0 Å². The molecule has 17 heavy (non-hydrogen) atoms. The normalized spacial score (nSPS) is 12.0. The molecule has 2 aromatic rings. The summed E-state index contributed by atoms with van der Waals surface area (Å²) in [5, 5.41) is 1.93. The van der Waals surface area contributed by atoms with Crippen molar-refractivity contribution in [1.82, 2.24) is 9.38 Å². The fourth-order valence-electron chi connectivity index (χ4n) is 1.97. The van der Waals surface area contributed by atoms with Crippen molar-refractivity contribution in [2.24, 2.45) is 5.41 Å². The van der Waals surface area contributed by atoms with Gasteiger partial charge in [-0.2, -0.15) is 0 Å². The lowest BCUT2D eigenvalue weighted by Crippen LogP contribution is -2.30. The van der Waals surface area contributed by atoms with Gasteiger partial charge in [0.15, 0.2) is 17.1 Å². The van der Waals surface area contributed by atoms with E-state index in [0.717, 1.165) is 23.6 Å². The zero-order valence-corrected chi connectivity index (χ0v) is 11.4. The summed E-state index contributed by atoms with van der Waals surface area (Å²) < 4.78 is 1.84. The van der Waals surface area contributed by atoms with Crippen molar-refractivity contribution in [1.29, 1.82) is 0 Å². The summed E-state index contributed by atoms with van der Waals surface area (Å²) in [4.78, 5) is 18.6. The van der Waals surface area contributed by atoms with Gasteiger partial charge in [-0.25, -0.2) is 4.98 Å². The monoisotopic (exact) mass is 251 g/mol. The first-order valence-corrected chi connectivity index (χ1v) is 6.42. The Kier molecular flexibility index (Phi) is 2.95. The van der Waals surface area contributed by atoms with Gasteiger partial charge in [-0.1, -0.05) is 20.8 Å². The van der Waals surface area contributed by atoms with Gasteiger partial charge in [-0.3, -0.25) is 9.20 Å². The second kappa shape index (κ2) is 4.14. The number of carbonyl (C=O) groups is 1. The second-order valence-corrected chi connectivity index (χ2v) is 6.28. The number of rotatable bonds is 3. The molecule has 92 valence electrons. The molecule has 0 bridgehead atoms. The van der Waals surface area contributed by atoms with Gasteiger partial charge in [-0.05, 0) is 5.41 Å². The van der Waals surface area contributed by atoms with E-state index in [0.29, 0.717) is 5.69 Å². The fourth-order valence-corrected chi connectivity index (χ4v) is 2.68. The van der Waals surface area contributed by atoms with Crippen molar-refractivity contribution in [2.45, 2.75) is 20.8 Å². The molecule has 4 nitrogen and oxygen atoms in total. The molecule has 5 heteroatoms. The van der Waals surface area contributed by atoms with E-state index >= 15 is 0 Å². The maximum Gasteiger partial charge on any atom is 0.196 e. The lowest BCUT2D eigenvalue weighted by Gasteiger charge is -2.26. The number of fused-ring (bicyclic) bond motifs is 1. The quantitative estimate of drug-likeness (QED) is 0.787. The zero-order valence-electron chi connectivity index (χ0n) is 10.6. The van der Waals surface area contributed by atoms with Gasteiger partial charge in [0.05, 0.1) is 0 Å². The number of carbonyl (C=O) groups excluding carboxylic acids is 1. The fraction of sp³-hybridized carbons (Fsp3) is 0.500. The summed E-state index contributed by atoms with van der Waals surface area (Å²) in [6.45, 7) is 7.37. The van der Waals surface area contributed by atoms with Crippen molar-refractivity contribution >= 4 is 28.4 Å². The Hall–Kier alpha value is -1.36. The standard InChI is InChI=1S/C12H17N3OS/c1-12(2,3)8-14(4)10-9(7-16)15-5-6-17-11(15)13-10/h5-7H,8H2,1-4H3. The first kappa shape index (κ1) is 12.1. The maximum atomic E-state index is 11.2.